The predicted molar refractivity (Wildman–Crippen MR) is 249 cm³/mol. The number of H-pyrrole nitrogens is 2. The fourth-order valence-electron chi connectivity index (χ4n) is 7.21. The van der Waals surface area contributed by atoms with E-state index in [1.807, 2.05) is 0 Å². The summed E-state index contributed by atoms with van der Waals surface area (Å²) in [6, 6.07) is 5.62. The summed E-state index contributed by atoms with van der Waals surface area (Å²) in [4.78, 5) is 100. The zero-order valence-corrected chi connectivity index (χ0v) is 41.5. The van der Waals surface area contributed by atoms with Crippen molar-refractivity contribution in [2.75, 3.05) is 31.0 Å². The van der Waals surface area contributed by atoms with Crippen LogP contribution < -0.4 is 26.3 Å². The number of aromatic amines is 2. The molecule has 9 atom stereocenters. The lowest BCUT2D eigenvalue weighted by Crippen LogP contribution is -2.42. The lowest BCUT2D eigenvalue weighted by atomic mass is 10.1. The monoisotopic (exact) mass is 1030 g/mol. The lowest BCUT2D eigenvalue weighted by molar-refractivity contribution is -0.172. The van der Waals surface area contributed by atoms with E-state index in [1.165, 1.54) is 53.2 Å². The number of halogens is 1. The van der Waals surface area contributed by atoms with Crippen molar-refractivity contribution >= 4 is 77.4 Å². The molecule has 2 amide bonds. The second-order valence-corrected chi connectivity index (χ2v) is 19.7. The van der Waals surface area contributed by atoms with Crippen LogP contribution in [-0.4, -0.2) is 125 Å². The van der Waals surface area contributed by atoms with Crippen LogP contribution >= 0.6 is 19.4 Å². The molecule has 7 rings (SSSR count). The minimum absolute atomic E-state index is 0.0568. The Labute approximate surface area is 409 Å². The molecule has 1 aromatic carbocycles. The summed E-state index contributed by atoms with van der Waals surface area (Å²) in [7, 11) is -3.77. The molecule has 0 aliphatic carbocycles. The van der Waals surface area contributed by atoms with E-state index in [1.54, 1.807) is 55.4 Å². The first kappa shape index (κ1) is 52.7. The van der Waals surface area contributed by atoms with E-state index < -0.39 is 129 Å². The van der Waals surface area contributed by atoms with E-state index >= 15 is 4.57 Å². The maximum atomic E-state index is 15.3. The van der Waals surface area contributed by atoms with E-state index in [-0.39, 0.29) is 40.0 Å². The number of carbonyl (C=O) groups is 4. The third-order valence-electron chi connectivity index (χ3n) is 11.1. The van der Waals surface area contributed by atoms with Crippen molar-refractivity contribution < 1.29 is 66.1 Å². The van der Waals surface area contributed by atoms with Crippen LogP contribution in [0.3, 0.4) is 0 Å². The number of aliphatic hydroxyl groups is 1. The molecule has 0 saturated carbocycles. The number of esters is 2. The number of hydrogen-bond acceptors (Lipinski definition) is 20. The van der Waals surface area contributed by atoms with Crippen molar-refractivity contribution in [3.63, 3.8) is 0 Å². The first-order valence-corrected chi connectivity index (χ1v) is 24.2. The largest absolute Gasteiger partial charge is 0.530 e. The van der Waals surface area contributed by atoms with Gasteiger partial charge in [0.05, 0.1) is 37.7 Å². The fraction of sp³-hybridized carbons (Fsp3) is 0.535. The molecule has 4 aromatic heterocycles. The van der Waals surface area contributed by atoms with Gasteiger partial charge < -0.3 is 33.3 Å². The number of fused-ring (bicyclic) bond motifs is 2. The fourth-order valence-corrected chi connectivity index (χ4v) is 8.76. The van der Waals surface area contributed by atoms with Gasteiger partial charge in [0.2, 0.25) is 23.7 Å². The molecule has 5 N–H and O–H groups in total. The summed E-state index contributed by atoms with van der Waals surface area (Å²) in [5.41, 5.74) is -1.94. The van der Waals surface area contributed by atoms with E-state index in [0.29, 0.717) is 5.02 Å². The molecule has 6 heterocycles. The zero-order valence-electron chi connectivity index (χ0n) is 39.9. The van der Waals surface area contributed by atoms with Gasteiger partial charge in [0.15, 0.2) is 47.0 Å². The summed E-state index contributed by atoms with van der Waals surface area (Å²) < 4.78 is 66.5. The van der Waals surface area contributed by atoms with Gasteiger partial charge in [-0.15, -0.1) is 0 Å². The van der Waals surface area contributed by atoms with E-state index in [0.717, 1.165) is 0 Å². The molecular formula is C43H54ClN10O16P. The molecule has 2 aliphatic rings. The van der Waals surface area contributed by atoms with Gasteiger partial charge in [-0.25, -0.2) is 14.5 Å². The van der Waals surface area contributed by atoms with E-state index in [9.17, 15) is 33.9 Å². The highest BCUT2D eigenvalue weighted by Gasteiger charge is 2.55. The number of nitrogens with zero attached hydrogens (tertiary/aromatic N) is 6. The molecule has 71 heavy (non-hydrogen) atoms. The molecule has 5 aromatic rings. The number of nitrogens with one attached hydrogen (secondary N) is 4. The zero-order chi connectivity index (χ0) is 51.6. The van der Waals surface area contributed by atoms with Crippen molar-refractivity contribution in [2.45, 2.75) is 104 Å². The highest BCUT2D eigenvalue weighted by Crippen LogP contribution is 2.54. The van der Waals surface area contributed by atoms with Crippen LogP contribution in [0.15, 0.2) is 46.5 Å². The number of anilines is 2. The summed E-state index contributed by atoms with van der Waals surface area (Å²) in [6.07, 6.45) is -8.94. The summed E-state index contributed by atoms with van der Waals surface area (Å²) in [5, 5.41) is 16.1. The van der Waals surface area contributed by atoms with Gasteiger partial charge in [-0.2, -0.15) is 9.97 Å². The highest BCUT2D eigenvalue weighted by atomic mass is 35.5. The van der Waals surface area contributed by atoms with E-state index in [2.05, 4.69) is 40.5 Å². The number of aliphatic hydroxyl groups excluding tert-OH is 1. The molecular weight excluding hydrogens is 979 g/mol. The number of rotatable bonds is 19. The summed E-state index contributed by atoms with van der Waals surface area (Å²) in [5.74, 6) is -5.24. The molecule has 0 bridgehead atoms. The Morgan fingerprint density at radius 1 is 0.732 bits per heavy atom. The van der Waals surface area contributed by atoms with Crippen molar-refractivity contribution in [1.82, 2.24) is 39.0 Å². The molecule has 2 saturated heterocycles. The number of amides is 2. The first-order chi connectivity index (χ1) is 33.6. The Kier molecular flexibility index (Phi) is 16.1. The Balaban J connectivity index is 1.26. The van der Waals surface area contributed by atoms with Crippen molar-refractivity contribution in [2.24, 2.45) is 23.7 Å². The van der Waals surface area contributed by atoms with Crippen LogP contribution in [0.1, 0.15) is 67.8 Å². The van der Waals surface area contributed by atoms with Gasteiger partial charge in [0.1, 0.15) is 30.2 Å². The Morgan fingerprint density at radius 2 is 1.21 bits per heavy atom. The number of imidazole rings is 2. The van der Waals surface area contributed by atoms with Gasteiger partial charge >= 0.3 is 19.8 Å². The van der Waals surface area contributed by atoms with Crippen LogP contribution in [-0.2, 0) is 56.5 Å². The molecule has 28 heteroatoms. The van der Waals surface area contributed by atoms with Gasteiger partial charge in [-0.3, -0.25) is 67.6 Å². The number of ether oxygens (including phenoxy) is 5. The Hall–Kier alpha value is -6.12. The molecule has 0 spiro atoms. The molecule has 1 unspecified atom stereocenters. The van der Waals surface area contributed by atoms with Crippen LogP contribution in [0, 0.1) is 23.7 Å². The number of benzene rings is 1. The van der Waals surface area contributed by atoms with Gasteiger partial charge in [-0.05, 0) is 24.3 Å². The maximum Gasteiger partial charge on any atom is 0.530 e. The number of carbonyl (C=O) groups excluding carboxylic acids is 4. The average molecular weight is 1030 g/mol. The number of phosphoric ester groups is 1. The molecule has 2 fully saturated rings. The number of methoxy groups -OCH3 is 1. The SMILES string of the molecule is CO[C@@H]1[C@H](OP(=O)(OC[C@H]2O[C@@H](n3cnc4c(=O)[nH]c(NC(=O)C(C)C)nc43)[C@H](OC(=O)C(C)C)[C@@H]2OC(=O)C(C)C)Oc2ccc(Cl)cc2)[C@@H](CO)O[C@H]1n1cnc2c(=O)[nH]c(NC(=O)C(C)C)nc21. The second kappa shape index (κ2) is 21.7. The number of hydrogen-bond donors (Lipinski definition) is 5. The topological polar surface area (TPSA) is 331 Å². The van der Waals surface area contributed by atoms with Crippen molar-refractivity contribution in [3.05, 3.63) is 62.7 Å². The highest BCUT2D eigenvalue weighted by molar-refractivity contribution is 7.49. The smallest absolute Gasteiger partial charge is 0.455 e. The molecule has 384 valence electrons. The Bertz CT molecular complexity index is 2940. The quantitative estimate of drug-likeness (QED) is 0.0582. The predicted octanol–water partition coefficient (Wildman–Crippen LogP) is 3.62. The minimum Gasteiger partial charge on any atom is -0.455 e. The van der Waals surface area contributed by atoms with Crippen molar-refractivity contribution in [1.29, 1.82) is 0 Å². The second-order valence-electron chi connectivity index (χ2n) is 17.7. The molecule has 0 radical (unpaired) electrons. The number of aromatic nitrogens is 8. The van der Waals surface area contributed by atoms with Gasteiger partial charge in [0, 0.05) is 24.0 Å². The minimum atomic E-state index is -5.05. The molecule has 2 aliphatic heterocycles. The molecule has 26 nitrogen and oxygen atoms in total. The normalized spacial score (nSPS) is 23.2. The van der Waals surface area contributed by atoms with E-state index in [4.69, 9.17) is 48.9 Å². The number of phosphoric acid groups is 1. The standard InChI is InChI=1S/C43H54ClN10O16P/c1-18(2)34(56)49-42-47-32-26(36(58)51-42)45-16-53(32)38-30(63-9)29(24(14-55)65-38)70-71(62,69-23-12-10-22(44)11-13-23)64-15-25-28(67-40(60)20(5)6)31(68-41(61)21(7)8)39(66-25)54-17-46-27-33(54)48-43(52-37(27)59)50-35(57)19(3)4/h10-13,16-21,24-25,28-31,38-39,55H,14-15H2,1-9H3,(H2,47,49,51,56,58)(H2,48,50,52,57,59)/t24-,25-,28-,29-,30-,31-,38-,39-,71?/m1/s1. The summed E-state index contributed by atoms with van der Waals surface area (Å²) >= 11 is 6.16. The third-order valence-corrected chi connectivity index (χ3v) is 12.7. The van der Waals surface area contributed by atoms with Crippen LogP contribution in [0.5, 0.6) is 5.75 Å². The van der Waals surface area contributed by atoms with Crippen LogP contribution in [0.2, 0.25) is 5.02 Å². The van der Waals surface area contributed by atoms with Gasteiger partial charge in [0.25, 0.3) is 11.1 Å². The average Bonchev–Trinajstić information content (AvgIpc) is 4.09. The Morgan fingerprint density at radius 3 is 1.68 bits per heavy atom. The lowest BCUT2D eigenvalue weighted by Gasteiger charge is -2.28. The third kappa shape index (κ3) is 11.5. The first-order valence-electron chi connectivity index (χ1n) is 22.4. The van der Waals surface area contributed by atoms with Crippen LogP contribution in [0.4, 0.5) is 11.9 Å². The maximum absolute atomic E-state index is 15.3. The summed E-state index contributed by atoms with van der Waals surface area (Å²) in [6.45, 7) is 11.3. The van der Waals surface area contributed by atoms with Crippen molar-refractivity contribution in [3.8, 4) is 5.75 Å². The van der Waals surface area contributed by atoms with Crippen LogP contribution in [0.25, 0.3) is 22.3 Å². The van der Waals surface area contributed by atoms with Gasteiger partial charge in [-0.1, -0.05) is 67.0 Å².